The summed E-state index contributed by atoms with van der Waals surface area (Å²) in [6.45, 7) is 2.76. The predicted octanol–water partition coefficient (Wildman–Crippen LogP) is 1.44. The maximum Gasteiger partial charge on any atom is 0.227 e. The van der Waals surface area contributed by atoms with Gasteiger partial charge in [0.05, 0.1) is 18.6 Å². The van der Waals surface area contributed by atoms with Crippen LogP contribution in [0.2, 0.25) is 0 Å². The van der Waals surface area contributed by atoms with Crippen molar-refractivity contribution in [1.29, 1.82) is 0 Å². The van der Waals surface area contributed by atoms with Gasteiger partial charge in [-0.3, -0.25) is 4.79 Å². The molecule has 0 spiro atoms. The van der Waals surface area contributed by atoms with E-state index in [1.165, 1.54) is 0 Å². The van der Waals surface area contributed by atoms with Crippen LogP contribution in [0.25, 0.3) is 0 Å². The van der Waals surface area contributed by atoms with Crippen LogP contribution in [0, 0.1) is 0 Å². The number of benzene rings is 1. The maximum absolute atomic E-state index is 12.1. The number of fused-ring (bicyclic) bond motifs is 1. The number of hydrogen-bond donors (Lipinski definition) is 2. The van der Waals surface area contributed by atoms with Gasteiger partial charge in [-0.2, -0.15) is 0 Å². The fraction of sp³-hybridized carbons (Fsp3) is 0.500. The Morgan fingerprint density at radius 3 is 3.11 bits per heavy atom. The van der Waals surface area contributed by atoms with E-state index in [1.54, 1.807) is 0 Å². The summed E-state index contributed by atoms with van der Waals surface area (Å²) >= 11 is 0. The lowest BCUT2D eigenvalue weighted by atomic mass is 9.92. The van der Waals surface area contributed by atoms with E-state index in [1.807, 2.05) is 31.2 Å². The smallest absolute Gasteiger partial charge is 0.227 e. The summed E-state index contributed by atoms with van der Waals surface area (Å²) in [4.78, 5) is 12.1. The molecule has 1 amide bonds. The first-order valence-electron chi connectivity index (χ1n) is 6.40. The van der Waals surface area contributed by atoms with E-state index in [9.17, 15) is 9.90 Å². The third-order valence-corrected chi connectivity index (χ3v) is 3.26. The molecule has 98 valence electrons. The van der Waals surface area contributed by atoms with Gasteiger partial charge in [-0.1, -0.05) is 25.1 Å². The number of carbonyl (C=O) groups excluding carboxylic acids is 1. The number of aliphatic hydroxyl groups is 1. The van der Waals surface area contributed by atoms with E-state index < -0.39 is 6.10 Å². The molecule has 0 saturated carbocycles. The van der Waals surface area contributed by atoms with Gasteiger partial charge in [-0.05, 0) is 18.9 Å². The molecular weight excluding hydrogens is 230 g/mol. The van der Waals surface area contributed by atoms with Gasteiger partial charge in [0.15, 0.2) is 0 Å². The van der Waals surface area contributed by atoms with E-state index in [4.69, 9.17) is 4.74 Å². The van der Waals surface area contributed by atoms with Crippen LogP contribution in [0.15, 0.2) is 24.3 Å². The lowest BCUT2D eigenvalue weighted by Gasteiger charge is -2.25. The second kappa shape index (κ2) is 5.87. The molecule has 1 aromatic carbocycles. The SMILES string of the molecule is CCC(O)CNC(=O)C1CCOc2ccccc21. The number of ether oxygens (including phenoxy) is 1. The van der Waals surface area contributed by atoms with Crippen molar-refractivity contribution in [3.63, 3.8) is 0 Å². The molecule has 0 radical (unpaired) electrons. The third-order valence-electron chi connectivity index (χ3n) is 3.26. The molecular formula is C14H19NO3. The molecule has 0 aliphatic carbocycles. The molecule has 4 nitrogen and oxygen atoms in total. The van der Waals surface area contributed by atoms with Crippen LogP contribution in [0.3, 0.4) is 0 Å². The minimum atomic E-state index is -0.468. The Labute approximate surface area is 107 Å². The molecule has 0 bridgehead atoms. The van der Waals surface area contributed by atoms with Crippen molar-refractivity contribution in [1.82, 2.24) is 5.32 Å². The van der Waals surface area contributed by atoms with Crippen molar-refractivity contribution in [2.75, 3.05) is 13.2 Å². The molecule has 0 fully saturated rings. The fourth-order valence-corrected chi connectivity index (χ4v) is 2.10. The first kappa shape index (κ1) is 12.9. The second-order valence-electron chi connectivity index (χ2n) is 4.53. The van der Waals surface area contributed by atoms with Crippen LogP contribution in [0.4, 0.5) is 0 Å². The largest absolute Gasteiger partial charge is 0.493 e. The molecule has 4 heteroatoms. The summed E-state index contributed by atoms with van der Waals surface area (Å²) in [7, 11) is 0. The second-order valence-corrected chi connectivity index (χ2v) is 4.53. The van der Waals surface area contributed by atoms with E-state index in [0.717, 1.165) is 11.3 Å². The standard InChI is InChI=1S/C14H19NO3/c1-2-10(16)9-15-14(17)12-7-8-18-13-6-4-3-5-11(12)13/h3-6,10,12,16H,2,7-9H2,1H3,(H,15,17). The Morgan fingerprint density at radius 2 is 2.33 bits per heavy atom. The first-order chi connectivity index (χ1) is 8.72. The zero-order chi connectivity index (χ0) is 13.0. The highest BCUT2D eigenvalue weighted by Crippen LogP contribution is 2.33. The quantitative estimate of drug-likeness (QED) is 0.849. The first-order valence-corrected chi connectivity index (χ1v) is 6.40. The van der Waals surface area contributed by atoms with Gasteiger partial charge in [0.1, 0.15) is 5.75 Å². The number of rotatable bonds is 4. The highest BCUT2D eigenvalue weighted by molar-refractivity contribution is 5.84. The fourth-order valence-electron chi connectivity index (χ4n) is 2.10. The van der Waals surface area contributed by atoms with E-state index >= 15 is 0 Å². The third kappa shape index (κ3) is 2.82. The number of hydrogen-bond acceptors (Lipinski definition) is 3. The van der Waals surface area contributed by atoms with Crippen molar-refractivity contribution in [2.24, 2.45) is 0 Å². The molecule has 1 aliphatic heterocycles. The highest BCUT2D eigenvalue weighted by Gasteiger charge is 2.27. The van der Waals surface area contributed by atoms with Gasteiger partial charge in [0, 0.05) is 12.1 Å². The topological polar surface area (TPSA) is 58.6 Å². The predicted molar refractivity (Wildman–Crippen MR) is 68.6 cm³/mol. The van der Waals surface area contributed by atoms with Crippen LogP contribution in [0.5, 0.6) is 5.75 Å². The average molecular weight is 249 g/mol. The molecule has 2 rings (SSSR count). The summed E-state index contributed by atoms with van der Waals surface area (Å²) in [6.07, 6.45) is 0.861. The molecule has 2 N–H and O–H groups in total. The summed E-state index contributed by atoms with van der Waals surface area (Å²) < 4.78 is 5.52. The summed E-state index contributed by atoms with van der Waals surface area (Å²) in [6, 6.07) is 7.62. The summed E-state index contributed by atoms with van der Waals surface area (Å²) in [5, 5.41) is 12.3. The zero-order valence-corrected chi connectivity index (χ0v) is 10.6. The Bertz CT molecular complexity index is 419. The van der Waals surface area contributed by atoms with Gasteiger partial charge in [0.25, 0.3) is 0 Å². The van der Waals surface area contributed by atoms with Crippen molar-refractivity contribution in [2.45, 2.75) is 31.8 Å². The molecule has 1 heterocycles. The number of nitrogens with one attached hydrogen (secondary N) is 1. The number of amides is 1. The Hall–Kier alpha value is -1.55. The number of aliphatic hydroxyl groups excluding tert-OH is 1. The number of carbonyl (C=O) groups is 1. The van der Waals surface area contributed by atoms with Crippen molar-refractivity contribution in [3.8, 4) is 5.75 Å². The van der Waals surface area contributed by atoms with Crippen LogP contribution >= 0.6 is 0 Å². The van der Waals surface area contributed by atoms with Gasteiger partial charge in [-0.15, -0.1) is 0 Å². The van der Waals surface area contributed by atoms with Crippen molar-refractivity contribution >= 4 is 5.91 Å². The van der Waals surface area contributed by atoms with Crippen LogP contribution < -0.4 is 10.1 Å². The average Bonchev–Trinajstić information content (AvgIpc) is 2.43. The minimum absolute atomic E-state index is 0.0294. The summed E-state index contributed by atoms with van der Waals surface area (Å²) in [5.41, 5.74) is 0.937. The van der Waals surface area contributed by atoms with E-state index in [0.29, 0.717) is 26.0 Å². The van der Waals surface area contributed by atoms with Crippen molar-refractivity contribution in [3.05, 3.63) is 29.8 Å². The van der Waals surface area contributed by atoms with E-state index in [-0.39, 0.29) is 11.8 Å². The van der Waals surface area contributed by atoms with Gasteiger partial charge < -0.3 is 15.2 Å². The Kier molecular flexibility index (Phi) is 4.20. The lowest BCUT2D eigenvalue weighted by molar-refractivity contribution is -0.123. The van der Waals surface area contributed by atoms with E-state index in [2.05, 4.69) is 5.32 Å². The van der Waals surface area contributed by atoms with Crippen LogP contribution in [0.1, 0.15) is 31.2 Å². The zero-order valence-electron chi connectivity index (χ0n) is 10.6. The van der Waals surface area contributed by atoms with Crippen LogP contribution in [-0.4, -0.2) is 30.3 Å². The molecule has 2 atom stereocenters. The molecule has 18 heavy (non-hydrogen) atoms. The molecule has 0 saturated heterocycles. The number of para-hydroxylation sites is 1. The molecule has 1 aromatic rings. The Morgan fingerprint density at radius 1 is 1.56 bits per heavy atom. The molecule has 2 unspecified atom stereocenters. The van der Waals surface area contributed by atoms with Gasteiger partial charge >= 0.3 is 0 Å². The monoisotopic (exact) mass is 249 g/mol. The lowest BCUT2D eigenvalue weighted by Crippen LogP contribution is -2.36. The van der Waals surface area contributed by atoms with Crippen molar-refractivity contribution < 1.29 is 14.6 Å². The normalized spacial score (nSPS) is 19.6. The van der Waals surface area contributed by atoms with Crippen LogP contribution in [-0.2, 0) is 4.79 Å². The van der Waals surface area contributed by atoms with Gasteiger partial charge in [-0.25, -0.2) is 0 Å². The highest BCUT2D eigenvalue weighted by atomic mass is 16.5. The van der Waals surface area contributed by atoms with Gasteiger partial charge in [0.2, 0.25) is 5.91 Å². The Balaban J connectivity index is 2.04. The molecule has 0 aromatic heterocycles. The summed E-state index contributed by atoms with van der Waals surface area (Å²) in [5.74, 6) is 0.595. The molecule has 1 aliphatic rings. The minimum Gasteiger partial charge on any atom is -0.493 e. The maximum atomic E-state index is 12.1.